The van der Waals surface area contributed by atoms with Crippen LogP contribution in [0, 0.1) is 0 Å². The summed E-state index contributed by atoms with van der Waals surface area (Å²) in [7, 11) is 0. The molecule has 0 spiro atoms. The Morgan fingerprint density at radius 3 is 1.00 bits per heavy atom. The summed E-state index contributed by atoms with van der Waals surface area (Å²) in [5, 5.41) is 12.1. The smallest absolute Gasteiger partial charge is 1.00 e. The van der Waals surface area contributed by atoms with Crippen molar-refractivity contribution in [2.75, 3.05) is 6.61 Å². The van der Waals surface area contributed by atoms with Crippen molar-refractivity contribution in [3.05, 3.63) is 5.32 Å². The quantitative estimate of drug-likeness (QED) is 0.474. The van der Waals surface area contributed by atoms with E-state index in [0.29, 0.717) is 0 Å². The molecule has 0 bridgehead atoms. The Morgan fingerprint density at radius 2 is 1.00 bits per heavy atom. The number of aliphatic hydroxyl groups excluding tert-OH is 1. The molecular formula is C10H24Cl2NOTi. The molecule has 0 saturated carbocycles. The molecule has 0 aromatic heterocycles. The van der Waals surface area contributed by atoms with Gasteiger partial charge in [-0.2, -0.15) is 0 Å². The number of hydrogen-bond donors (Lipinski definition) is 1. The summed E-state index contributed by atoms with van der Waals surface area (Å²) in [4.78, 5) is 0. The van der Waals surface area contributed by atoms with Gasteiger partial charge in [0.1, 0.15) is 0 Å². The van der Waals surface area contributed by atoms with Crippen LogP contribution in [0.3, 0.4) is 0 Å². The molecule has 0 heterocycles. The van der Waals surface area contributed by atoms with Crippen molar-refractivity contribution in [2.24, 2.45) is 0 Å². The van der Waals surface area contributed by atoms with E-state index in [1.54, 1.807) is 6.92 Å². The second-order valence-corrected chi connectivity index (χ2v) is 4.77. The van der Waals surface area contributed by atoms with Crippen LogP contribution in [0.15, 0.2) is 0 Å². The summed E-state index contributed by atoms with van der Waals surface area (Å²) in [5.74, 6) is 0. The summed E-state index contributed by atoms with van der Waals surface area (Å²) in [5.41, 5.74) is 0.219. The third-order valence-corrected chi connectivity index (χ3v) is 0.671. The van der Waals surface area contributed by atoms with E-state index in [9.17, 15) is 0 Å². The van der Waals surface area contributed by atoms with Gasteiger partial charge in [-0.05, 0) is 6.92 Å². The molecule has 2 nitrogen and oxygen atoms in total. The van der Waals surface area contributed by atoms with Crippen molar-refractivity contribution in [3.8, 4) is 0 Å². The SMILES string of the molecule is CC(C)(C)[N-]C(C)(C)C.CCO.[Cl-].[Cl-].[Ti+3]. The van der Waals surface area contributed by atoms with Crippen molar-refractivity contribution in [1.29, 1.82) is 0 Å². The van der Waals surface area contributed by atoms with Crippen molar-refractivity contribution >= 4 is 0 Å². The predicted molar refractivity (Wildman–Crippen MR) is 55.6 cm³/mol. The van der Waals surface area contributed by atoms with Gasteiger partial charge in [-0.25, -0.2) is 0 Å². The average Bonchev–Trinajstić information content (AvgIpc) is 1.53. The van der Waals surface area contributed by atoms with Gasteiger partial charge in [0.2, 0.25) is 0 Å². The maximum atomic E-state index is 7.57. The molecule has 0 amide bonds. The van der Waals surface area contributed by atoms with E-state index in [-0.39, 0.29) is 64.2 Å². The van der Waals surface area contributed by atoms with Gasteiger partial charge in [0.15, 0.2) is 0 Å². The number of nitrogens with zero attached hydrogens (tertiary/aromatic N) is 1. The topological polar surface area (TPSA) is 34.3 Å². The Labute approximate surface area is 123 Å². The fourth-order valence-corrected chi connectivity index (χ4v) is 1.01. The summed E-state index contributed by atoms with van der Waals surface area (Å²) >= 11 is 0. The van der Waals surface area contributed by atoms with E-state index in [1.807, 2.05) is 0 Å². The first-order valence-electron chi connectivity index (χ1n) is 4.47. The van der Waals surface area contributed by atoms with E-state index in [1.165, 1.54) is 0 Å². The first kappa shape index (κ1) is 29.8. The standard InChI is InChI=1S/C8H18N.C2H6O.2ClH.Ti/c1-7(2,3)9-8(4,5)6;1-2-3;;;/h1-6H3;3H,2H2,1H3;2*1H;/q-1;;;;+3/p-2. The van der Waals surface area contributed by atoms with Crippen LogP contribution < -0.4 is 24.8 Å². The second-order valence-electron chi connectivity index (χ2n) is 4.77. The molecule has 0 aromatic rings. The maximum Gasteiger partial charge on any atom is 3.00 e. The van der Waals surface area contributed by atoms with E-state index < -0.39 is 0 Å². The predicted octanol–water partition coefficient (Wildman–Crippen LogP) is -3.04. The van der Waals surface area contributed by atoms with Crippen molar-refractivity contribution in [1.82, 2.24) is 0 Å². The third kappa shape index (κ3) is 51.0. The summed E-state index contributed by atoms with van der Waals surface area (Å²) in [6, 6.07) is 0. The van der Waals surface area contributed by atoms with Gasteiger partial charge in [-0.15, -0.1) is 11.1 Å². The van der Waals surface area contributed by atoms with Gasteiger partial charge in [-0.3, -0.25) is 0 Å². The summed E-state index contributed by atoms with van der Waals surface area (Å²) in [6.45, 7) is 14.7. The number of rotatable bonds is 0. The Balaban J connectivity index is -0.0000000500. The zero-order chi connectivity index (χ0) is 10.4. The van der Waals surface area contributed by atoms with Gasteiger partial charge in [0, 0.05) is 6.61 Å². The van der Waals surface area contributed by atoms with Crippen LogP contribution in [0.2, 0.25) is 0 Å². The average molecular weight is 293 g/mol. The monoisotopic (exact) mass is 292 g/mol. The molecule has 93 valence electrons. The van der Waals surface area contributed by atoms with Crippen LogP contribution in [0.4, 0.5) is 0 Å². The van der Waals surface area contributed by atoms with Crippen LogP contribution in [0.5, 0.6) is 0 Å². The van der Waals surface area contributed by atoms with Gasteiger partial charge < -0.3 is 35.2 Å². The van der Waals surface area contributed by atoms with E-state index in [0.717, 1.165) is 0 Å². The van der Waals surface area contributed by atoms with Gasteiger partial charge in [-0.1, -0.05) is 41.5 Å². The molecule has 0 aliphatic heterocycles. The molecule has 0 aliphatic rings. The van der Waals surface area contributed by atoms with E-state index >= 15 is 0 Å². The summed E-state index contributed by atoms with van der Waals surface area (Å²) < 4.78 is 0. The van der Waals surface area contributed by atoms with E-state index in [4.69, 9.17) is 5.11 Å². The molecule has 0 atom stereocenters. The molecule has 0 unspecified atom stereocenters. The number of aliphatic hydroxyl groups is 1. The minimum absolute atomic E-state index is 0. The third-order valence-electron chi connectivity index (χ3n) is 0.671. The Morgan fingerprint density at radius 1 is 0.867 bits per heavy atom. The van der Waals surface area contributed by atoms with Crippen LogP contribution in [0.25, 0.3) is 5.32 Å². The zero-order valence-electron chi connectivity index (χ0n) is 10.9. The largest absolute Gasteiger partial charge is 3.00 e. The molecule has 0 aromatic carbocycles. The fourth-order valence-electron chi connectivity index (χ4n) is 1.01. The molecule has 0 fully saturated rings. The van der Waals surface area contributed by atoms with Gasteiger partial charge in [0.05, 0.1) is 0 Å². The maximum absolute atomic E-state index is 7.57. The van der Waals surface area contributed by atoms with Gasteiger partial charge >= 0.3 is 21.7 Å². The van der Waals surface area contributed by atoms with Crippen LogP contribution >= 0.6 is 0 Å². The Bertz CT molecular complexity index is 99.0. The molecular weight excluding hydrogens is 269 g/mol. The molecule has 5 heteroatoms. The van der Waals surface area contributed by atoms with Crippen LogP contribution in [-0.2, 0) is 21.7 Å². The second kappa shape index (κ2) is 13.3. The summed E-state index contributed by atoms with van der Waals surface area (Å²) in [6.07, 6.45) is 0. The molecule has 0 saturated heterocycles. The normalized spacial score (nSPS) is 9.60. The molecule has 15 heavy (non-hydrogen) atoms. The fraction of sp³-hybridized carbons (Fsp3) is 1.00. The van der Waals surface area contributed by atoms with Gasteiger partial charge in [0.25, 0.3) is 0 Å². The zero-order valence-corrected chi connectivity index (χ0v) is 13.9. The first-order chi connectivity index (χ1) is 5.12. The molecule has 1 radical (unpaired) electrons. The van der Waals surface area contributed by atoms with Crippen LogP contribution in [-0.4, -0.2) is 22.8 Å². The molecule has 1 N–H and O–H groups in total. The Hall–Kier alpha value is 1.21. The number of hydrogen-bond acceptors (Lipinski definition) is 1. The van der Waals surface area contributed by atoms with Crippen molar-refractivity contribution < 1.29 is 51.6 Å². The van der Waals surface area contributed by atoms with Crippen molar-refractivity contribution in [3.63, 3.8) is 0 Å². The first-order valence-corrected chi connectivity index (χ1v) is 4.47. The van der Waals surface area contributed by atoms with Crippen LogP contribution in [0.1, 0.15) is 48.5 Å². The minimum atomic E-state index is 0. The van der Waals surface area contributed by atoms with E-state index in [2.05, 4.69) is 46.9 Å². The minimum Gasteiger partial charge on any atom is -1.00 e. The molecule has 0 rings (SSSR count). The van der Waals surface area contributed by atoms with Crippen molar-refractivity contribution in [2.45, 2.75) is 59.5 Å². The Kier molecular flexibility index (Phi) is 26.4. The number of halogens is 2. The molecule has 0 aliphatic carbocycles.